The maximum atomic E-state index is 12.3. The van der Waals surface area contributed by atoms with Gasteiger partial charge in [-0.2, -0.15) is 5.26 Å². The number of fused-ring (bicyclic) bond motifs is 1. The van der Waals surface area contributed by atoms with E-state index in [4.69, 9.17) is 4.74 Å². The molecule has 0 aliphatic carbocycles. The average molecular weight is 341 g/mol. The van der Waals surface area contributed by atoms with Crippen LogP contribution in [0.15, 0.2) is 15.9 Å². The van der Waals surface area contributed by atoms with E-state index in [0.29, 0.717) is 16.6 Å². The number of hydrogen-bond acceptors (Lipinski definition) is 6. The topological polar surface area (TPSA) is 101 Å². The van der Waals surface area contributed by atoms with E-state index in [1.54, 1.807) is 38.9 Å². The highest BCUT2D eigenvalue weighted by molar-refractivity contribution is 5.99. The van der Waals surface area contributed by atoms with Crippen molar-refractivity contribution in [3.05, 3.63) is 33.1 Å². The predicted molar refractivity (Wildman–Crippen MR) is 94.2 cm³/mol. The summed E-state index contributed by atoms with van der Waals surface area (Å²) in [6.07, 6.45) is 1.51. The first-order valence-electron chi connectivity index (χ1n) is 7.64. The Morgan fingerprint density at radius 3 is 2.76 bits per heavy atom. The molecule has 8 heteroatoms. The number of hydrogen-bond donors (Lipinski definition) is 0. The van der Waals surface area contributed by atoms with Crippen molar-refractivity contribution in [2.24, 2.45) is 12.0 Å². The van der Waals surface area contributed by atoms with Crippen LogP contribution in [0.4, 0.5) is 5.82 Å². The third-order valence-corrected chi connectivity index (χ3v) is 3.62. The summed E-state index contributed by atoms with van der Waals surface area (Å²) < 4.78 is 6.36. The lowest BCUT2D eigenvalue weighted by atomic mass is 10.1. The van der Waals surface area contributed by atoms with E-state index in [0.717, 1.165) is 0 Å². The Kier molecular flexibility index (Phi) is 5.17. The van der Waals surface area contributed by atoms with E-state index in [9.17, 15) is 14.9 Å². The fraction of sp³-hybridized carbons (Fsp3) is 0.353. The number of rotatable bonds is 4. The molecular formula is C17H19N5O3. The van der Waals surface area contributed by atoms with Gasteiger partial charge in [0, 0.05) is 26.5 Å². The third-order valence-electron chi connectivity index (χ3n) is 3.62. The molecule has 2 aromatic heterocycles. The summed E-state index contributed by atoms with van der Waals surface area (Å²) in [6.45, 7) is 3.57. The van der Waals surface area contributed by atoms with E-state index >= 15 is 0 Å². The molecule has 0 aromatic carbocycles. The first kappa shape index (κ1) is 18.1. The quantitative estimate of drug-likeness (QED) is 0.475. The zero-order valence-corrected chi connectivity index (χ0v) is 14.8. The molecule has 0 saturated carbocycles. The number of pyridine rings is 2. The largest absolute Gasteiger partial charge is 0.462 e. The number of aryl methyl sites for hydroxylation is 2. The smallest absolute Gasteiger partial charge is 0.342 e. The van der Waals surface area contributed by atoms with Gasteiger partial charge in [-0.15, -0.1) is 0 Å². The molecule has 0 fully saturated rings. The monoisotopic (exact) mass is 341 g/mol. The van der Waals surface area contributed by atoms with E-state index in [-0.39, 0.29) is 23.6 Å². The van der Waals surface area contributed by atoms with E-state index in [1.165, 1.54) is 18.0 Å². The number of ether oxygens (including phenoxy) is 1. The number of carbonyl (C=O) groups excluding carboxylic acids is 1. The van der Waals surface area contributed by atoms with Crippen molar-refractivity contribution >= 4 is 29.2 Å². The van der Waals surface area contributed by atoms with Crippen LogP contribution in [0.5, 0.6) is 0 Å². The lowest BCUT2D eigenvalue weighted by Crippen LogP contribution is -2.22. The molecule has 8 nitrogen and oxygen atoms in total. The third kappa shape index (κ3) is 3.35. The van der Waals surface area contributed by atoms with Gasteiger partial charge in [0.25, 0.3) is 5.56 Å². The molecule has 0 radical (unpaired) electrons. The Balaban J connectivity index is 2.89. The van der Waals surface area contributed by atoms with Crippen molar-refractivity contribution < 1.29 is 9.53 Å². The normalized spacial score (nSPS) is 10.9. The van der Waals surface area contributed by atoms with Crippen LogP contribution in [-0.2, 0) is 11.8 Å². The summed E-state index contributed by atoms with van der Waals surface area (Å²) >= 11 is 0. The van der Waals surface area contributed by atoms with Crippen LogP contribution in [0.2, 0.25) is 0 Å². The van der Waals surface area contributed by atoms with Crippen LogP contribution in [0.25, 0.3) is 11.0 Å². The van der Waals surface area contributed by atoms with Crippen molar-refractivity contribution in [1.29, 1.82) is 5.26 Å². The van der Waals surface area contributed by atoms with Gasteiger partial charge in [0.05, 0.1) is 12.9 Å². The second kappa shape index (κ2) is 7.13. The SMILES string of the molecule is CCOC(=O)c1cc2c(C)c(C#N)c(=O)n(C)c2nc1/N=C/N(C)C. The lowest BCUT2D eigenvalue weighted by molar-refractivity contribution is 0.0527. The molecule has 0 N–H and O–H groups in total. The Morgan fingerprint density at radius 1 is 1.52 bits per heavy atom. The summed E-state index contributed by atoms with van der Waals surface area (Å²) in [7, 11) is 5.10. The van der Waals surface area contributed by atoms with E-state index in [2.05, 4.69) is 9.98 Å². The number of nitrogens with zero attached hydrogens (tertiary/aromatic N) is 5. The molecule has 0 saturated heterocycles. The molecule has 0 spiro atoms. The maximum absolute atomic E-state index is 12.3. The predicted octanol–water partition coefficient (Wildman–Crippen LogP) is 1.51. The zero-order chi connectivity index (χ0) is 18.7. The zero-order valence-electron chi connectivity index (χ0n) is 14.8. The van der Waals surface area contributed by atoms with Crippen molar-refractivity contribution in [1.82, 2.24) is 14.5 Å². The average Bonchev–Trinajstić information content (AvgIpc) is 2.58. The minimum Gasteiger partial charge on any atom is -0.462 e. The molecular weight excluding hydrogens is 322 g/mol. The number of nitriles is 1. The van der Waals surface area contributed by atoms with Crippen LogP contribution in [0.3, 0.4) is 0 Å². The lowest BCUT2D eigenvalue weighted by Gasteiger charge is -2.12. The molecule has 0 atom stereocenters. The molecule has 2 heterocycles. The highest BCUT2D eigenvalue weighted by Gasteiger charge is 2.20. The molecule has 2 rings (SSSR count). The van der Waals surface area contributed by atoms with Gasteiger partial charge in [0.2, 0.25) is 0 Å². The number of aromatic nitrogens is 2. The molecule has 0 aliphatic heterocycles. The minimum atomic E-state index is -0.561. The van der Waals surface area contributed by atoms with Crippen molar-refractivity contribution in [3.8, 4) is 6.07 Å². The highest BCUT2D eigenvalue weighted by Crippen LogP contribution is 2.25. The standard InChI is InChI=1S/C17H19N5O3/c1-6-25-17(24)12-7-11-10(2)13(8-18)16(23)22(5)15(11)20-14(12)19-9-21(3)4/h7,9H,6H2,1-5H3/b19-9+. The van der Waals surface area contributed by atoms with Crippen LogP contribution in [-0.4, -0.2) is 47.5 Å². The molecule has 0 bridgehead atoms. The first-order chi connectivity index (χ1) is 11.8. The summed E-state index contributed by atoms with van der Waals surface area (Å²) in [4.78, 5) is 34.9. The van der Waals surface area contributed by atoms with Gasteiger partial charge in [0.1, 0.15) is 22.8 Å². The summed E-state index contributed by atoms with van der Waals surface area (Å²) in [5.41, 5.74) is 0.586. The summed E-state index contributed by atoms with van der Waals surface area (Å²) in [5.74, 6) is -0.409. The molecule has 2 aromatic rings. The minimum absolute atomic E-state index is 0.0242. The molecule has 0 aliphatic rings. The fourth-order valence-electron chi connectivity index (χ4n) is 2.34. The van der Waals surface area contributed by atoms with Crippen LogP contribution in [0.1, 0.15) is 28.4 Å². The van der Waals surface area contributed by atoms with Crippen LogP contribution in [0, 0.1) is 18.3 Å². The second-order valence-corrected chi connectivity index (χ2v) is 5.64. The first-order valence-corrected chi connectivity index (χ1v) is 7.64. The second-order valence-electron chi connectivity index (χ2n) is 5.64. The van der Waals surface area contributed by atoms with Gasteiger partial charge in [0.15, 0.2) is 5.82 Å². The number of esters is 1. The molecule has 0 amide bonds. The van der Waals surface area contributed by atoms with Crippen molar-refractivity contribution in [2.75, 3.05) is 20.7 Å². The van der Waals surface area contributed by atoms with E-state index in [1.807, 2.05) is 6.07 Å². The van der Waals surface area contributed by atoms with Crippen LogP contribution < -0.4 is 5.56 Å². The van der Waals surface area contributed by atoms with Gasteiger partial charge >= 0.3 is 5.97 Å². The van der Waals surface area contributed by atoms with Gasteiger partial charge in [-0.1, -0.05) is 0 Å². The molecule has 25 heavy (non-hydrogen) atoms. The van der Waals surface area contributed by atoms with Crippen LogP contribution >= 0.6 is 0 Å². The Labute approximate surface area is 145 Å². The Morgan fingerprint density at radius 2 is 2.20 bits per heavy atom. The Bertz CT molecular complexity index is 967. The molecule has 0 unspecified atom stereocenters. The van der Waals surface area contributed by atoms with Gasteiger partial charge in [-0.3, -0.25) is 9.36 Å². The van der Waals surface area contributed by atoms with Gasteiger partial charge in [-0.25, -0.2) is 14.8 Å². The van der Waals surface area contributed by atoms with Gasteiger partial charge < -0.3 is 9.64 Å². The molecule has 130 valence electrons. The highest BCUT2D eigenvalue weighted by atomic mass is 16.5. The summed E-state index contributed by atoms with van der Waals surface area (Å²) in [5, 5.41) is 9.77. The number of carbonyl (C=O) groups is 1. The van der Waals surface area contributed by atoms with Crippen molar-refractivity contribution in [3.63, 3.8) is 0 Å². The Hall–Kier alpha value is -3.21. The number of aliphatic imine (C=N–C) groups is 1. The van der Waals surface area contributed by atoms with Gasteiger partial charge in [-0.05, 0) is 25.5 Å². The maximum Gasteiger partial charge on any atom is 0.342 e. The fourth-order valence-corrected chi connectivity index (χ4v) is 2.34. The summed E-state index contributed by atoms with van der Waals surface area (Å²) in [6, 6.07) is 3.48. The van der Waals surface area contributed by atoms with E-state index < -0.39 is 11.5 Å². The van der Waals surface area contributed by atoms with Crippen molar-refractivity contribution in [2.45, 2.75) is 13.8 Å².